The third-order valence-corrected chi connectivity index (χ3v) is 2.94. The molecule has 1 heteroatoms. The van der Waals surface area contributed by atoms with Crippen LogP contribution in [0.4, 0.5) is 5.69 Å². The summed E-state index contributed by atoms with van der Waals surface area (Å²) in [5.41, 5.74) is 3.87. The number of hydrogen-bond donors (Lipinski definition) is 1. The zero-order valence-electron chi connectivity index (χ0n) is 8.48. The molecule has 0 spiro atoms. The zero-order chi connectivity index (χ0) is 10.1. The Labute approximate surface area is 89.8 Å². The second kappa shape index (κ2) is 3.43. The lowest BCUT2D eigenvalue weighted by atomic mass is 9.99. The predicted molar refractivity (Wildman–Crippen MR) is 64.7 cm³/mol. The molecule has 0 saturated carbocycles. The topological polar surface area (TPSA) is 12.0 Å². The molecular formula is C14H13N. The monoisotopic (exact) mass is 195 g/mol. The van der Waals surface area contributed by atoms with Gasteiger partial charge in [0.15, 0.2) is 0 Å². The van der Waals surface area contributed by atoms with E-state index in [4.69, 9.17) is 0 Å². The largest absolute Gasteiger partial charge is 0.377 e. The molecule has 0 aromatic heterocycles. The Morgan fingerprint density at radius 3 is 3.07 bits per heavy atom. The Morgan fingerprint density at radius 2 is 2.07 bits per heavy atom. The van der Waals surface area contributed by atoms with Crippen molar-refractivity contribution in [3.05, 3.63) is 59.7 Å². The molecule has 1 N–H and O–H groups in total. The molecule has 2 aliphatic rings. The minimum absolute atomic E-state index is 0.440. The number of allylic oxidation sites excluding steroid dienone is 2. The molecule has 0 fully saturated rings. The van der Waals surface area contributed by atoms with Crippen molar-refractivity contribution in [1.82, 2.24) is 0 Å². The molecule has 1 heterocycles. The minimum Gasteiger partial charge on any atom is -0.377 e. The van der Waals surface area contributed by atoms with Crippen molar-refractivity contribution >= 4 is 11.8 Å². The molecule has 1 aromatic carbocycles. The van der Waals surface area contributed by atoms with Crippen LogP contribution in [0, 0.1) is 0 Å². The van der Waals surface area contributed by atoms with Gasteiger partial charge in [-0.05, 0) is 23.6 Å². The van der Waals surface area contributed by atoms with E-state index >= 15 is 0 Å². The van der Waals surface area contributed by atoms with Crippen molar-refractivity contribution < 1.29 is 0 Å². The summed E-state index contributed by atoms with van der Waals surface area (Å²) in [4.78, 5) is 0. The van der Waals surface area contributed by atoms with E-state index in [0.717, 1.165) is 6.42 Å². The molecule has 0 bridgehead atoms. The predicted octanol–water partition coefficient (Wildman–Crippen LogP) is 3.38. The van der Waals surface area contributed by atoms with Crippen molar-refractivity contribution in [2.24, 2.45) is 0 Å². The van der Waals surface area contributed by atoms with E-state index in [9.17, 15) is 0 Å². The third-order valence-electron chi connectivity index (χ3n) is 2.94. The molecule has 1 aliphatic heterocycles. The molecule has 0 saturated heterocycles. The Balaban J connectivity index is 2.06. The Kier molecular flexibility index (Phi) is 1.95. The van der Waals surface area contributed by atoms with E-state index in [1.54, 1.807) is 0 Å². The molecular weight excluding hydrogens is 182 g/mol. The number of hydrogen-bond acceptors (Lipinski definition) is 1. The van der Waals surface area contributed by atoms with Gasteiger partial charge in [0, 0.05) is 5.69 Å². The summed E-state index contributed by atoms with van der Waals surface area (Å²) in [5.74, 6) is 0. The molecule has 3 rings (SSSR count). The van der Waals surface area contributed by atoms with Gasteiger partial charge in [0.1, 0.15) is 0 Å². The van der Waals surface area contributed by atoms with Crippen LogP contribution in [0.1, 0.15) is 12.0 Å². The summed E-state index contributed by atoms with van der Waals surface area (Å²) in [6, 6.07) is 8.87. The van der Waals surface area contributed by atoms with Crippen LogP contribution in [-0.2, 0) is 0 Å². The fraction of sp³-hybridized carbons (Fsp3) is 0.143. The van der Waals surface area contributed by atoms with Crippen LogP contribution >= 0.6 is 0 Å². The molecule has 1 atom stereocenters. The van der Waals surface area contributed by atoms with Gasteiger partial charge in [0.2, 0.25) is 0 Å². The fourth-order valence-corrected chi connectivity index (χ4v) is 2.11. The maximum absolute atomic E-state index is 3.58. The summed E-state index contributed by atoms with van der Waals surface area (Å²) in [5, 5.41) is 3.58. The standard InChI is InChI=1S/C14H13N/c1-3-7-13-11(5-1)9-10-12-6-2-4-8-14(12)15-13/h1-7,9-10,14-15H,8H2. The molecule has 0 amide bonds. The first-order chi connectivity index (χ1) is 7.43. The lowest BCUT2D eigenvalue weighted by Crippen LogP contribution is -2.21. The SMILES string of the molecule is C1=CCC2Nc3ccccc3C=CC2=C1. The van der Waals surface area contributed by atoms with E-state index in [0.29, 0.717) is 6.04 Å². The van der Waals surface area contributed by atoms with Gasteiger partial charge in [0.25, 0.3) is 0 Å². The maximum atomic E-state index is 3.58. The third kappa shape index (κ3) is 1.50. The summed E-state index contributed by atoms with van der Waals surface area (Å²) < 4.78 is 0. The van der Waals surface area contributed by atoms with Crippen LogP contribution in [0.5, 0.6) is 0 Å². The Hall–Kier alpha value is -1.76. The molecule has 0 radical (unpaired) electrons. The highest BCUT2D eigenvalue weighted by molar-refractivity contribution is 5.71. The lowest BCUT2D eigenvalue weighted by molar-refractivity contribution is 0.851. The van der Waals surface area contributed by atoms with E-state index in [1.807, 2.05) is 0 Å². The van der Waals surface area contributed by atoms with Gasteiger partial charge in [-0.15, -0.1) is 0 Å². The van der Waals surface area contributed by atoms with E-state index in [-0.39, 0.29) is 0 Å². The van der Waals surface area contributed by atoms with Crippen molar-refractivity contribution in [3.8, 4) is 0 Å². The summed E-state index contributed by atoms with van der Waals surface area (Å²) in [6.07, 6.45) is 12.0. The number of para-hydroxylation sites is 1. The highest BCUT2D eigenvalue weighted by atomic mass is 14.9. The second-order valence-electron chi connectivity index (χ2n) is 3.95. The number of benzene rings is 1. The minimum atomic E-state index is 0.440. The molecule has 15 heavy (non-hydrogen) atoms. The van der Waals surface area contributed by atoms with Gasteiger partial charge >= 0.3 is 0 Å². The van der Waals surface area contributed by atoms with Gasteiger partial charge in [-0.2, -0.15) is 0 Å². The van der Waals surface area contributed by atoms with Crippen molar-refractivity contribution in [1.29, 1.82) is 0 Å². The first-order valence-electron chi connectivity index (χ1n) is 5.34. The van der Waals surface area contributed by atoms with Crippen molar-refractivity contribution in [2.45, 2.75) is 12.5 Å². The van der Waals surface area contributed by atoms with Crippen molar-refractivity contribution in [2.75, 3.05) is 5.32 Å². The van der Waals surface area contributed by atoms with Crippen LogP contribution < -0.4 is 5.32 Å². The number of rotatable bonds is 0. The van der Waals surface area contributed by atoms with Crippen LogP contribution in [0.15, 0.2) is 54.1 Å². The van der Waals surface area contributed by atoms with Gasteiger partial charge in [-0.25, -0.2) is 0 Å². The van der Waals surface area contributed by atoms with E-state index in [1.165, 1.54) is 16.8 Å². The van der Waals surface area contributed by atoms with Crippen LogP contribution in [-0.4, -0.2) is 6.04 Å². The first-order valence-corrected chi connectivity index (χ1v) is 5.34. The van der Waals surface area contributed by atoms with E-state index < -0.39 is 0 Å². The smallest absolute Gasteiger partial charge is 0.0548 e. The molecule has 1 nitrogen and oxygen atoms in total. The zero-order valence-corrected chi connectivity index (χ0v) is 8.48. The van der Waals surface area contributed by atoms with Gasteiger partial charge < -0.3 is 5.32 Å². The summed E-state index contributed by atoms with van der Waals surface area (Å²) in [6.45, 7) is 0. The normalized spacial score (nSPS) is 22.1. The molecule has 1 unspecified atom stereocenters. The Morgan fingerprint density at radius 1 is 1.13 bits per heavy atom. The van der Waals surface area contributed by atoms with Crippen molar-refractivity contribution in [3.63, 3.8) is 0 Å². The summed E-state index contributed by atoms with van der Waals surface area (Å²) in [7, 11) is 0. The number of anilines is 1. The lowest BCUT2D eigenvalue weighted by Gasteiger charge is -2.20. The maximum Gasteiger partial charge on any atom is 0.0548 e. The average Bonchev–Trinajstić information content (AvgIpc) is 2.48. The van der Waals surface area contributed by atoms with Crippen LogP contribution in [0.2, 0.25) is 0 Å². The molecule has 1 aliphatic carbocycles. The Bertz CT molecular complexity index is 466. The van der Waals surface area contributed by atoms with Crippen LogP contribution in [0.25, 0.3) is 6.08 Å². The molecule has 74 valence electrons. The number of fused-ring (bicyclic) bond motifs is 2. The average molecular weight is 195 g/mol. The van der Waals surface area contributed by atoms with Gasteiger partial charge in [0.05, 0.1) is 6.04 Å². The highest BCUT2D eigenvalue weighted by Crippen LogP contribution is 2.27. The van der Waals surface area contributed by atoms with E-state index in [2.05, 4.69) is 60.0 Å². The molecule has 1 aromatic rings. The first kappa shape index (κ1) is 8.54. The summed E-state index contributed by atoms with van der Waals surface area (Å²) >= 11 is 0. The highest BCUT2D eigenvalue weighted by Gasteiger charge is 2.16. The van der Waals surface area contributed by atoms with Gasteiger partial charge in [-0.3, -0.25) is 0 Å². The van der Waals surface area contributed by atoms with Crippen LogP contribution in [0.3, 0.4) is 0 Å². The fourth-order valence-electron chi connectivity index (χ4n) is 2.11. The quantitative estimate of drug-likeness (QED) is 0.669. The van der Waals surface area contributed by atoms with Gasteiger partial charge in [-0.1, -0.05) is 48.6 Å². The second-order valence-corrected chi connectivity index (χ2v) is 3.95. The number of nitrogens with one attached hydrogen (secondary N) is 1.